The number of carboxylic acids is 1. The van der Waals surface area contributed by atoms with Crippen LogP contribution in [0.1, 0.15) is 60.8 Å². The van der Waals surface area contributed by atoms with Gasteiger partial charge in [0.05, 0.1) is 5.69 Å². The van der Waals surface area contributed by atoms with E-state index in [1.807, 2.05) is 13.0 Å². The van der Waals surface area contributed by atoms with Gasteiger partial charge in [-0.15, -0.1) is 0 Å². The van der Waals surface area contributed by atoms with Crippen molar-refractivity contribution in [2.75, 3.05) is 11.4 Å². The molecule has 3 rings (SSSR count). The molecular weight excluding hydrogens is 496 g/mol. The molecule has 0 bridgehead atoms. The van der Waals surface area contributed by atoms with Gasteiger partial charge in [-0.05, 0) is 58.4 Å². The topological polar surface area (TPSA) is 126 Å². The Morgan fingerprint density at radius 3 is 2.27 bits per heavy atom. The second-order valence-corrected chi connectivity index (χ2v) is 9.81. The lowest BCUT2D eigenvalue weighted by atomic mass is 10.0. The summed E-state index contributed by atoms with van der Waals surface area (Å²) in [6, 6.07) is 15.3. The number of hydrogen-bond donors (Lipinski definition) is 1. The highest BCUT2D eigenvalue weighted by atomic mass is 35.5. The highest BCUT2D eigenvalue weighted by molar-refractivity contribution is 6.30. The predicted molar refractivity (Wildman–Crippen MR) is 138 cm³/mol. The second-order valence-electron chi connectivity index (χ2n) is 9.37. The fraction of sp³-hybridized carbons (Fsp3) is 0.296. The van der Waals surface area contributed by atoms with Crippen LogP contribution in [0.2, 0.25) is 5.02 Å². The van der Waals surface area contributed by atoms with Gasteiger partial charge >= 0.3 is 12.1 Å². The van der Waals surface area contributed by atoms with Crippen molar-refractivity contribution in [3.05, 3.63) is 75.9 Å². The summed E-state index contributed by atoms with van der Waals surface area (Å²) >= 11 is 6.05. The van der Waals surface area contributed by atoms with Gasteiger partial charge in [-0.25, -0.2) is 9.48 Å². The number of carbonyl (C=O) groups is 3. The number of anilines is 1. The normalized spacial score (nSPS) is 11.0. The third-order valence-corrected chi connectivity index (χ3v) is 5.47. The molecular formula is C27H27ClN4O5. The van der Waals surface area contributed by atoms with Crippen LogP contribution in [0.5, 0.6) is 0 Å². The molecule has 0 fully saturated rings. The quantitative estimate of drug-likeness (QED) is 0.385. The Balaban J connectivity index is 2.24. The third kappa shape index (κ3) is 6.74. The van der Waals surface area contributed by atoms with Crippen molar-refractivity contribution in [3.63, 3.8) is 0 Å². The van der Waals surface area contributed by atoms with Crippen LogP contribution in [0.3, 0.4) is 0 Å². The molecule has 0 saturated heterocycles. The van der Waals surface area contributed by atoms with Crippen LogP contribution in [-0.4, -0.2) is 44.9 Å². The summed E-state index contributed by atoms with van der Waals surface area (Å²) in [7, 11) is 0. The maximum atomic E-state index is 13.5. The van der Waals surface area contributed by atoms with E-state index in [2.05, 4.69) is 5.10 Å². The molecule has 0 radical (unpaired) electrons. The van der Waals surface area contributed by atoms with Gasteiger partial charge in [0.2, 0.25) is 5.78 Å². The minimum atomic E-state index is -1.04. The van der Waals surface area contributed by atoms with Gasteiger partial charge < -0.3 is 9.84 Å². The third-order valence-electron chi connectivity index (χ3n) is 5.21. The van der Waals surface area contributed by atoms with E-state index in [4.69, 9.17) is 21.4 Å². The molecule has 1 aromatic heterocycles. The lowest BCUT2D eigenvalue weighted by Crippen LogP contribution is -2.39. The largest absolute Gasteiger partial charge is 0.481 e. The Kier molecular flexibility index (Phi) is 8.35. The average molecular weight is 523 g/mol. The lowest BCUT2D eigenvalue weighted by Gasteiger charge is -2.28. The van der Waals surface area contributed by atoms with Crippen LogP contribution in [0.4, 0.5) is 10.6 Å². The maximum absolute atomic E-state index is 13.5. The number of nitrogens with zero attached hydrogens (tertiary/aromatic N) is 4. The van der Waals surface area contributed by atoms with Gasteiger partial charge in [0.15, 0.2) is 11.5 Å². The van der Waals surface area contributed by atoms with Gasteiger partial charge in [0.25, 0.3) is 0 Å². The number of aryl methyl sites for hydroxylation is 1. The zero-order valence-corrected chi connectivity index (χ0v) is 21.7. The molecule has 10 heteroatoms. The fourth-order valence-electron chi connectivity index (χ4n) is 3.51. The first-order chi connectivity index (χ1) is 17.4. The fourth-order valence-corrected chi connectivity index (χ4v) is 3.64. The van der Waals surface area contributed by atoms with Gasteiger partial charge in [0.1, 0.15) is 17.2 Å². The standard InChI is InChI=1S/C27H27ClN4O5/c1-17-7-9-18(10-8-17)24(35)23-21(16-29)25(32(30-23)20-13-11-19(28)12-14-20)31(15-5-6-22(33)34)26(36)37-27(2,3)4/h7-14H,5-6,15H2,1-4H3,(H,33,34). The predicted octanol–water partition coefficient (Wildman–Crippen LogP) is 5.54. The summed E-state index contributed by atoms with van der Waals surface area (Å²) in [5.74, 6) is -1.54. The van der Waals surface area contributed by atoms with Crippen LogP contribution >= 0.6 is 11.6 Å². The summed E-state index contributed by atoms with van der Waals surface area (Å²) in [5, 5.41) is 24.2. The van der Waals surface area contributed by atoms with Crippen LogP contribution in [0.15, 0.2) is 48.5 Å². The molecule has 37 heavy (non-hydrogen) atoms. The number of aliphatic carboxylic acids is 1. The van der Waals surface area contributed by atoms with E-state index in [0.717, 1.165) is 10.5 Å². The van der Waals surface area contributed by atoms with Crippen molar-refractivity contribution in [2.24, 2.45) is 0 Å². The van der Waals surface area contributed by atoms with E-state index < -0.39 is 23.4 Å². The van der Waals surface area contributed by atoms with Gasteiger partial charge in [-0.1, -0.05) is 41.4 Å². The first-order valence-corrected chi connectivity index (χ1v) is 11.9. The molecule has 0 unspecified atom stereocenters. The number of benzene rings is 2. The highest BCUT2D eigenvalue weighted by Crippen LogP contribution is 2.31. The van der Waals surface area contributed by atoms with Crippen molar-refractivity contribution in [1.82, 2.24) is 9.78 Å². The minimum absolute atomic E-state index is 0.0000714. The van der Waals surface area contributed by atoms with Crippen LogP contribution in [0, 0.1) is 18.3 Å². The van der Waals surface area contributed by atoms with Crippen LogP contribution in [0.25, 0.3) is 5.69 Å². The summed E-state index contributed by atoms with van der Waals surface area (Å²) < 4.78 is 6.88. The molecule has 0 atom stereocenters. The van der Waals surface area contributed by atoms with Crippen molar-refractivity contribution in [3.8, 4) is 11.8 Å². The number of rotatable bonds is 8. The monoisotopic (exact) mass is 522 g/mol. The zero-order valence-electron chi connectivity index (χ0n) is 21.0. The number of ketones is 1. The lowest BCUT2D eigenvalue weighted by molar-refractivity contribution is -0.137. The van der Waals surface area contributed by atoms with E-state index >= 15 is 0 Å². The number of nitriles is 1. The molecule has 0 aliphatic carbocycles. The summed E-state index contributed by atoms with van der Waals surface area (Å²) in [5.41, 5.74) is 0.555. The molecule has 1 N–H and O–H groups in total. The summed E-state index contributed by atoms with van der Waals surface area (Å²) in [6.07, 6.45) is -0.948. The van der Waals surface area contributed by atoms with E-state index in [1.165, 1.54) is 4.68 Å². The number of aromatic nitrogens is 2. The molecule has 0 aliphatic rings. The molecule has 1 amide bonds. The highest BCUT2D eigenvalue weighted by Gasteiger charge is 2.33. The Morgan fingerprint density at radius 1 is 1.11 bits per heavy atom. The molecule has 1 heterocycles. The molecule has 0 spiro atoms. The zero-order chi connectivity index (χ0) is 27.3. The molecule has 9 nitrogen and oxygen atoms in total. The first-order valence-electron chi connectivity index (χ1n) is 11.5. The van der Waals surface area contributed by atoms with E-state index in [0.29, 0.717) is 16.3 Å². The van der Waals surface area contributed by atoms with E-state index in [9.17, 15) is 19.6 Å². The van der Waals surface area contributed by atoms with Crippen molar-refractivity contribution < 1.29 is 24.2 Å². The van der Waals surface area contributed by atoms with Crippen molar-refractivity contribution in [2.45, 2.75) is 46.1 Å². The summed E-state index contributed by atoms with van der Waals surface area (Å²) in [6.45, 7) is 6.86. The van der Waals surface area contributed by atoms with E-state index in [1.54, 1.807) is 69.3 Å². The second kappa shape index (κ2) is 11.3. The first kappa shape index (κ1) is 27.4. The Bertz CT molecular complexity index is 1350. The number of carbonyl (C=O) groups excluding carboxylic acids is 2. The number of carboxylic acid groups (broad SMARTS) is 1. The van der Waals surface area contributed by atoms with Crippen LogP contribution in [-0.2, 0) is 9.53 Å². The van der Waals surface area contributed by atoms with Crippen LogP contribution < -0.4 is 4.90 Å². The van der Waals surface area contributed by atoms with Gasteiger partial charge in [0, 0.05) is 23.6 Å². The van der Waals surface area contributed by atoms with Crippen molar-refractivity contribution >= 4 is 35.3 Å². The smallest absolute Gasteiger partial charge is 0.416 e. The number of ether oxygens (including phenoxy) is 1. The van der Waals surface area contributed by atoms with Gasteiger partial charge in [-0.2, -0.15) is 10.4 Å². The SMILES string of the molecule is Cc1ccc(C(=O)c2nn(-c3ccc(Cl)cc3)c(N(CCCC(=O)O)C(=O)OC(C)(C)C)c2C#N)cc1. The van der Waals surface area contributed by atoms with Crippen molar-refractivity contribution in [1.29, 1.82) is 5.26 Å². The Morgan fingerprint density at radius 2 is 1.73 bits per heavy atom. The molecule has 3 aromatic rings. The van der Waals surface area contributed by atoms with E-state index in [-0.39, 0.29) is 36.5 Å². The minimum Gasteiger partial charge on any atom is -0.481 e. The number of amides is 1. The molecule has 0 saturated carbocycles. The maximum Gasteiger partial charge on any atom is 0.416 e. The molecule has 2 aromatic carbocycles. The Hall–Kier alpha value is -4.16. The Labute approximate surface area is 219 Å². The molecule has 192 valence electrons. The van der Waals surface area contributed by atoms with Gasteiger partial charge in [-0.3, -0.25) is 14.5 Å². The molecule has 0 aliphatic heterocycles. The number of halogens is 1. The number of hydrogen-bond acceptors (Lipinski definition) is 6. The average Bonchev–Trinajstić information content (AvgIpc) is 3.20. The summed E-state index contributed by atoms with van der Waals surface area (Å²) in [4.78, 5) is 39.1.